The summed E-state index contributed by atoms with van der Waals surface area (Å²) >= 11 is 0. The smallest absolute Gasteiger partial charge is 0.409 e. The van der Waals surface area contributed by atoms with E-state index in [9.17, 15) is 4.79 Å². The van der Waals surface area contributed by atoms with Gasteiger partial charge in [0.1, 0.15) is 0 Å². The number of amides is 1. The molecule has 0 radical (unpaired) electrons. The number of methoxy groups -OCH3 is 1. The third-order valence-electron chi connectivity index (χ3n) is 3.50. The molecule has 0 aromatic carbocycles. The normalized spacial score (nSPS) is 15.7. The molecule has 8 nitrogen and oxygen atoms in total. The average molecular weight is 330 g/mol. The maximum absolute atomic E-state index is 11.7. The number of piperazine rings is 1. The second-order valence-corrected chi connectivity index (χ2v) is 5.11. The molecule has 134 valence electrons. The summed E-state index contributed by atoms with van der Waals surface area (Å²) in [4.78, 5) is 19.9. The molecule has 0 unspecified atom stereocenters. The quantitative estimate of drug-likeness (QED) is 0.394. The van der Waals surface area contributed by atoms with Crippen LogP contribution in [0.2, 0.25) is 0 Å². The summed E-state index contributed by atoms with van der Waals surface area (Å²) in [6.07, 6.45) is 0.675. The number of hydrogen-bond acceptors (Lipinski definition) is 5. The Kier molecular flexibility index (Phi) is 10.1. The van der Waals surface area contributed by atoms with Crippen LogP contribution in [0, 0.1) is 0 Å². The minimum absolute atomic E-state index is 0.233. The fraction of sp³-hybridized carbons (Fsp3) is 0.867. The van der Waals surface area contributed by atoms with Gasteiger partial charge in [0.2, 0.25) is 0 Å². The third-order valence-corrected chi connectivity index (χ3v) is 3.50. The van der Waals surface area contributed by atoms with Crippen LogP contribution in [0.3, 0.4) is 0 Å². The number of carbonyl (C=O) groups is 1. The van der Waals surface area contributed by atoms with E-state index >= 15 is 0 Å². The van der Waals surface area contributed by atoms with E-state index in [2.05, 4.69) is 15.2 Å². The van der Waals surface area contributed by atoms with Crippen molar-refractivity contribution in [1.82, 2.24) is 15.1 Å². The maximum atomic E-state index is 11.7. The van der Waals surface area contributed by atoms with Crippen LogP contribution >= 0.6 is 0 Å². The lowest BCUT2D eigenvalue weighted by Gasteiger charge is -2.35. The molecule has 1 N–H and O–H groups in total. The number of ether oxygens (including phenoxy) is 3. The lowest BCUT2D eigenvalue weighted by Crippen LogP contribution is -2.54. The Morgan fingerprint density at radius 3 is 2.43 bits per heavy atom. The van der Waals surface area contributed by atoms with Crippen molar-refractivity contribution in [3.8, 4) is 0 Å². The first-order valence-corrected chi connectivity index (χ1v) is 8.16. The Morgan fingerprint density at radius 1 is 1.13 bits per heavy atom. The lowest BCUT2D eigenvalue weighted by molar-refractivity contribution is 0.0697. The van der Waals surface area contributed by atoms with Crippen molar-refractivity contribution < 1.29 is 19.0 Å². The molecule has 1 saturated heterocycles. The molecule has 23 heavy (non-hydrogen) atoms. The molecule has 8 heteroatoms. The number of nitrogens with zero attached hydrogens (tertiary/aromatic N) is 3. The highest BCUT2D eigenvalue weighted by Gasteiger charge is 2.23. The van der Waals surface area contributed by atoms with Crippen molar-refractivity contribution in [3.63, 3.8) is 0 Å². The third kappa shape index (κ3) is 7.51. The molecule has 0 spiro atoms. The Morgan fingerprint density at radius 2 is 1.83 bits per heavy atom. The van der Waals surface area contributed by atoms with Crippen LogP contribution in [0.25, 0.3) is 0 Å². The van der Waals surface area contributed by atoms with E-state index in [-0.39, 0.29) is 6.09 Å². The zero-order valence-corrected chi connectivity index (χ0v) is 14.5. The second kappa shape index (κ2) is 12.0. The lowest BCUT2D eigenvalue weighted by atomic mass is 10.3. The number of rotatable bonds is 8. The summed E-state index contributed by atoms with van der Waals surface area (Å²) < 4.78 is 15.4. The summed E-state index contributed by atoms with van der Waals surface area (Å²) in [5, 5.41) is 3.33. The van der Waals surface area contributed by atoms with Crippen LogP contribution in [0.15, 0.2) is 4.99 Å². The van der Waals surface area contributed by atoms with E-state index in [4.69, 9.17) is 14.2 Å². The van der Waals surface area contributed by atoms with Gasteiger partial charge in [-0.15, -0.1) is 0 Å². The van der Waals surface area contributed by atoms with Crippen molar-refractivity contribution in [3.05, 3.63) is 0 Å². The van der Waals surface area contributed by atoms with Gasteiger partial charge in [0, 0.05) is 53.5 Å². The fourth-order valence-corrected chi connectivity index (χ4v) is 2.27. The van der Waals surface area contributed by atoms with Crippen molar-refractivity contribution in [1.29, 1.82) is 0 Å². The number of hydrogen-bond donors (Lipinski definition) is 1. The van der Waals surface area contributed by atoms with Crippen LogP contribution in [-0.4, -0.2) is 95.2 Å². The molecule has 0 bridgehead atoms. The molecule has 1 aliphatic heterocycles. The first-order chi connectivity index (χ1) is 11.2. The van der Waals surface area contributed by atoms with Gasteiger partial charge < -0.3 is 29.3 Å². The van der Waals surface area contributed by atoms with Crippen molar-refractivity contribution in [2.24, 2.45) is 4.99 Å². The van der Waals surface area contributed by atoms with E-state index in [0.717, 1.165) is 32.0 Å². The second-order valence-electron chi connectivity index (χ2n) is 5.11. The number of carbonyl (C=O) groups excluding carboxylic acids is 1. The summed E-state index contributed by atoms with van der Waals surface area (Å²) in [6, 6.07) is 0. The Bertz CT molecular complexity index is 357. The maximum Gasteiger partial charge on any atom is 0.409 e. The highest BCUT2D eigenvalue weighted by atomic mass is 16.6. The molecule has 0 aromatic heterocycles. The SMILES string of the molecule is CCOC(=O)N1CCN(C(=NC)NCCCOCCOC)CC1. The van der Waals surface area contributed by atoms with E-state index in [0.29, 0.717) is 39.5 Å². The summed E-state index contributed by atoms with van der Waals surface area (Å²) in [6.45, 7) is 7.79. The number of nitrogens with one attached hydrogen (secondary N) is 1. The van der Waals surface area contributed by atoms with Crippen LogP contribution in [-0.2, 0) is 14.2 Å². The van der Waals surface area contributed by atoms with E-state index < -0.39 is 0 Å². The largest absolute Gasteiger partial charge is 0.450 e. The predicted octanol–water partition coefficient (Wildman–Crippen LogP) is 0.389. The van der Waals surface area contributed by atoms with Crippen LogP contribution in [0.1, 0.15) is 13.3 Å². The van der Waals surface area contributed by atoms with Crippen LogP contribution < -0.4 is 5.32 Å². The molecule has 1 rings (SSSR count). The van der Waals surface area contributed by atoms with Gasteiger partial charge >= 0.3 is 6.09 Å². The zero-order chi connectivity index (χ0) is 16.9. The molecule has 0 aromatic rings. The minimum atomic E-state index is -0.233. The van der Waals surface area contributed by atoms with Gasteiger partial charge in [-0.25, -0.2) is 4.79 Å². The van der Waals surface area contributed by atoms with Gasteiger partial charge in [-0.2, -0.15) is 0 Å². The van der Waals surface area contributed by atoms with Crippen LogP contribution in [0.4, 0.5) is 4.79 Å². The van der Waals surface area contributed by atoms with E-state index in [1.165, 1.54) is 0 Å². The average Bonchev–Trinajstić information content (AvgIpc) is 2.58. The summed E-state index contributed by atoms with van der Waals surface area (Å²) in [7, 11) is 3.44. The monoisotopic (exact) mass is 330 g/mol. The minimum Gasteiger partial charge on any atom is -0.450 e. The number of guanidine groups is 1. The Hall–Kier alpha value is -1.54. The predicted molar refractivity (Wildman–Crippen MR) is 88.8 cm³/mol. The summed E-state index contributed by atoms with van der Waals surface area (Å²) in [5.41, 5.74) is 0. The Labute approximate surface area is 138 Å². The molecule has 1 amide bonds. The Balaban J connectivity index is 2.20. The molecule has 1 aliphatic rings. The fourth-order valence-electron chi connectivity index (χ4n) is 2.27. The standard InChI is InChI=1S/C15H30N4O4/c1-4-23-15(20)19-9-7-18(8-10-19)14(16-2)17-6-5-11-22-13-12-21-3/h4-13H2,1-3H3,(H,16,17). The van der Waals surface area contributed by atoms with Gasteiger partial charge in [-0.3, -0.25) is 4.99 Å². The molecular formula is C15H30N4O4. The van der Waals surface area contributed by atoms with Gasteiger partial charge in [-0.05, 0) is 13.3 Å². The first-order valence-electron chi connectivity index (χ1n) is 8.16. The van der Waals surface area contributed by atoms with Crippen molar-refractivity contribution in [2.75, 3.05) is 73.3 Å². The highest BCUT2D eigenvalue weighted by molar-refractivity contribution is 5.80. The van der Waals surface area contributed by atoms with E-state index in [1.807, 2.05) is 6.92 Å². The van der Waals surface area contributed by atoms with Crippen molar-refractivity contribution >= 4 is 12.1 Å². The molecule has 1 fully saturated rings. The topological polar surface area (TPSA) is 75.6 Å². The molecular weight excluding hydrogens is 300 g/mol. The number of aliphatic imine (C=N–C) groups is 1. The molecule has 0 atom stereocenters. The molecule has 0 aliphatic carbocycles. The van der Waals surface area contributed by atoms with Gasteiger partial charge in [0.15, 0.2) is 5.96 Å². The highest BCUT2D eigenvalue weighted by Crippen LogP contribution is 2.04. The molecule has 1 heterocycles. The molecule has 0 saturated carbocycles. The first kappa shape index (κ1) is 19.5. The van der Waals surface area contributed by atoms with Gasteiger partial charge in [-0.1, -0.05) is 0 Å². The van der Waals surface area contributed by atoms with E-state index in [1.54, 1.807) is 19.1 Å². The zero-order valence-electron chi connectivity index (χ0n) is 14.5. The van der Waals surface area contributed by atoms with Crippen LogP contribution in [0.5, 0.6) is 0 Å². The summed E-state index contributed by atoms with van der Waals surface area (Å²) in [5.74, 6) is 0.866. The van der Waals surface area contributed by atoms with Crippen molar-refractivity contribution in [2.45, 2.75) is 13.3 Å². The van der Waals surface area contributed by atoms with Gasteiger partial charge in [0.25, 0.3) is 0 Å². The van der Waals surface area contributed by atoms with Gasteiger partial charge in [0.05, 0.1) is 19.8 Å².